The Labute approximate surface area is 192 Å². The van der Waals surface area contributed by atoms with Crippen molar-refractivity contribution in [3.05, 3.63) is 69.2 Å². The Bertz CT molecular complexity index is 1130. The van der Waals surface area contributed by atoms with E-state index in [9.17, 15) is 10.5 Å². The Morgan fingerprint density at radius 1 is 1.19 bits per heavy atom. The van der Waals surface area contributed by atoms with Crippen LogP contribution in [0.1, 0.15) is 78.0 Å². The number of nitrogens with zero attached hydrogens (tertiary/aromatic N) is 2. The molecule has 2 aliphatic heterocycles. The van der Waals surface area contributed by atoms with E-state index < -0.39 is 0 Å². The third kappa shape index (κ3) is 4.37. The zero-order valence-electron chi connectivity index (χ0n) is 20.3. The molecule has 0 fully saturated rings. The fourth-order valence-electron chi connectivity index (χ4n) is 4.23. The number of ether oxygens (including phenoxy) is 1. The van der Waals surface area contributed by atoms with Gasteiger partial charge in [-0.1, -0.05) is 40.7 Å². The van der Waals surface area contributed by atoms with E-state index in [4.69, 9.17) is 4.74 Å². The predicted molar refractivity (Wildman–Crippen MR) is 131 cm³/mol. The summed E-state index contributed by atoms with van der Waals surface area (Å²) in [6.45, 7) is 16.2. The fraction of sp³-hybridized carbons (Fsp3) is 0.429. The number of fused-ring (bicyclic) bond motifs is 1. The van der Waals surface area contributed by atoms with Crippen LogP contribution in [-0.2, 0) is 15.6 Å². The molecule has 3 rings (SSSR count). The number of benzene rings is 1. The van der Waals surface area contributed by atoms with Gasteiger partial charge in [0.15, 0.2) is 0 Å². The number of nitrogens with one attached hydrogen (secondary N) is 1. The molecule has 0 unspecified atom stereocenters. The van der Waals surface area contributed by atoms with E-state index in [1.54, 1.807) is 6.08 Å². The molecule has 0 aliphatic carbocycles. The zero-order chi connectivity index (χ0) is 23.7. The van der Waals surface area contributed by atoms with Crippen LogP contribution in [0.15, 0.2) is 52.5 Å². The van der Waals surface area contributed by atoms with E-state index in [0.29, 0.717) is 17.1 Å². The molecule has 1 N–H and O–H groups in total. The van der Waals surface area contributed by atoms with Crippen LogP contribution in [0.25, 0.3) is 6.08 Å². The molecule has 0 amide bonds. The molecule has 2 aliphatic rings. The normalized spacial score (nSPS) is 17.7. The third-order valence-corrected chi connectivity index (χ3v) is 6.98. The van der Waals surface area contributed by atoms with Crippen molar-refractivity contribution in [2.24, 2.45) is 0 Å². The second kappa shape index (κ2) is 8.71. The van der Waals surface area contributed by atoms with Crippen molar-refractivity contribution in [1.82, 2.24) is 0 Å². The van der Waals surface area contributed by atoms with Crippen molar-refractivity contribution < 1.29 is 4.74 Å². The quantitative estimate of drug-likeness (QED) is 0.524. The van der Waals surface area contributed by atoms with Crippen LogP contribution in [-0.4, -0.2) is 6.54 Å². The van der Waals surface area contributed by atoms with Crippen LogP contribution in [0, 0.1) is 22.7 Å². The van der Waals surface area contributed by atoms with E-state index in [1.165, 1.54) is 16.8 Å². The standard InChI is InChI=1S/C28H33N3O/c1-8-27(4,5)24-13-20(14-25-26(24)31-12-11-28(25,6)7)9-10-22-15-23(21(16-29)17-30)18(2)19(3)32-22/h9-10,13-15,31H,8,11-12H2,1-7H3/b10-9+. The van der Waals surface area contributed by atoms with Gasteiger partial charge in [0.1, 0.15) is 29.2 Å². The lowest BCUT2D eigenvalue weighted by Gasteiger charge is -2.38. The molecule has 0 saturated carbocycles. The van der Waals surface area contributed by atoms with Crippen molar-refractivity contribution in [3.63, 3.8) is 0 Å². The van der Waals surface area contributed by atoms with Gasteiger partial charge in [-0.15, -0.1) is 0 Å². The molecule has 1 aromatic carbocycles. The van der Waals surface area contributed by atoms with Gasteiger partial charge < -0.3 is 10.1 Å². The third-order valence-electron chi connectivity index (χ3n) is 6.98. The molecule has 0 atom stereocenters. The van der Waals surface area contributed by atoms with Crippen LogP contribution in [0.4, 0.5) is 5.69 Å². The van der Waals surface area contributed by atoms with Crippen molar-refractivity contribution in [2.45, 2.75) is 72.1 Å². The van der Waals surface area contributed by atoms with Gasteiger partial charge in [-0.3, -0.25) is 0 Å². The molecule has 0 radical (unpaired) electrons. The molecule has 0 spiro atoms. The lowest BCUT2D eigenvalue weighted by atomic mass is 9.72. The summed E-state index contributed by atoms with van der Waals surface area (Å²) in [4.78, 5) is 0. The predicted octanol–water partition coefficient (Wildman–Crippen LogP) is 7.03. The monoisotopic (exact) mass is 427 g/mol. The van der Waals surface area contributed by atoms with E-state index in [0.717, 1.165) is 30.5 Å². The summed E-state index contributed by atoms with van der Waals surface area (Å²) in [5.74, 6) is 1.33. The number of allylic oxidation sites excluding steroid dienone is 6. The number of hydrogen-bond donors (Lipinski definition) is 1. The summed E-state index contributed by atoms with van der Waals surface area (Å²) in [6.07, 6.45) is 7.91. The Morgan fingerprint density at radius 2 is 1.88 bits per heavy atom. The fourth-order valence-corrected chi connectivity index (χ4v) is 4.23. The molecule has 4 heteroatoms. The molecule has 32 heavy (non-hydrogen) atoms. The molecule has 2 heterocycles. The van der Waals surface area contributed by atoms with Crippen LogP contribution in [0.3, 0.4) is 0 Å². The number of rotatable bonds is 4. The minimum atomic E-state index is 0.0514. The highest BCUT2D eigenvalue weighted by atomic mass is 16.5. The Hall–Kier alpha value is -3.24. The van der Waals surface area contributed by atoms with Crippen molar-refractivity contribution in [3.8, 4) is 12.1 Å². The lowest BCUT2D eigenvalue weighted by Crippen LogP contribution is -2.31. The first-order chi connectivity index (χ1) is 15.0. The minimum Gasteiger partial charge on any atom is -0.462 e. The molecule has 0 aromatic heterocycles. The van der Waals surface area contributed by atoms with E-state index in [2.05, 4.69) is 58.1 Å². The first kappa shape index (κ1) is 23.4. The van der Waals surface area contributed by atoms with Gasteiger partial charge in [0, 0.05) is 17.8 Å². The molecule has 166 valence electrons. The van der Waals surface area contributed by atoms with Crippen molar-refractivity contribution in [1.29, 1.82) is 10.5 Å². The zero-order valence-corrected chi connectivity index (χ0v) is 20.3. The van der Waals surface area contributed by atoms with Crippen LogP contribution < -0.4 is 5.32 Å². The highest BCUT2D eigenvalue weighted by molar-refractivity contribution is 5.70. The maximum Gasteiger partial charge on any atom is 0.137 e. The van der Waals surface area contributed by atoms with E-state index >= 15 is 0 Å². The maximum absolute atomic E-state index is 9.32. The second-order valence-electron chi connectivity index (χ2n) is 9.96. The average Bonchev–Trinajstić information content (AvgIpc) is 2.75. The SMILES string of the molecule is CCC(C)(C)c1cc(/C=C/C2=CC(=C(C#N)C#N)C(C)=C(C)O2)cc2c1NCCC2(C)C. The Morgan fingerprint density at radius 3 is 2.50 bits per heavy atom. The van der Waals surface area contributed by atoms with Gasteiger partial charge in [-0.05, 0) is 84.1 Å². The van der Waals surface area contributed by atoms with Crippen molar-refractivity contribution >= 4 is 11.8 Å². The van der Waals surface area contributed by atoms with Crippen LogP contribution in [0.2, 0.25) is 0 Å². The summed E-state index contributed by atoms with van der Waals surface area (Å²) < 4.78 is 5.95. The Balaban J connectivity index is 2.09. The van der Waals surface area contributed by atoms with Gasteiger partial charge in [0.2, 0.25) is 0 Å². The van der Waals surface area contributed by atoms with Gasteiger partial charge in [0.25, 0.3) is 0 Å². The lowest BCUT2D eigenvalue weighted by molar-refractivity contribution is 0.313. The molecule has 0 saturated heterocycles. The first-order valence-corrected chi connectivity index (χ1v) is 11.3. The summed E-state index contributed by atoms with van der Waals surface area (Å²) >= 11 is 0. The number of nitriles is 2. The highest BCUT2D eigenvalue weighted by Crippen LogP contribution is 2.44. The highest BCUT2D eigenvalue weighted by Gasteiger charge is 2.32. The van der Waals surface area contributed by atoms with Gasteiger partial charge in [-0.25, -0.2) is 0 Å². The maximum atomic E-state index is 9.32. The molecular weight excluding hydrogens is 394 g/mol. The molecule has 0 bridgehead atoms. The molecule has 4 nitrogen and oxygen atoms in total. The smallest absolute Gasteiger partial charge is 0.137 e. The number of anilines is 1. The van der Waals surface area contributed by atoms with Crippen LogP contribution in [0.5, 0.6) is 0 Å². The van der Waals surface area contributed by atoms with Gasteiger partial charge in [-0.2, -0.15) is 10.5 Å². The average molecular weight is 428 g/mol. The summed E-state index contributed by atoms with van der Waals surface area (Å²) in [6, 6.07) is 8.54. The number of hydrogen-bond acceptors (Lipinski definition) is 4. The van der Waals surface area contributed by atoms with Crippen molar-refractivity contribution in [2.75, 3.05) is 11.9 Å². The largest absolute Gasteiger partial charge is 0.462 e. The summed E-state index contributed by atoms with van der Waals surface area (Å²) in [5.41, 5.74) is 6.79. The minimum absolute atomic E-state index is 0.0514. The topological polar surface area (TPSA) is 68.8 Å². The van der Waals surface area contributed by atoms with E-state index in [1.807, 2.05) is 32.1 Å². The first-order valence-electron chi connectivity index (χ1n) is 11.3. The summed E-state index contributed by atoms with van der Waals surface area (Å²) in [7, 11) is 0. The Kier molecular flexibility index (Phi) is 6.38. The van der Waals surface area contributed by atoms with E-state index in [-0.39, 0.29) is 16.4 Å². The molecule has 1 aromatic rings. The van der Waals surface area contributed by atoms with Crippen LogP contribution >= 0.6 is 0 Å². The molecular formula is C28H33N3O. The van der Waals surface area contributed by atoms with Gasteiger partial charge in [0.05, 0.1) is 0 Å². The second-order valence-corrected chi connectivity index (χ2v) is 9.96. The van der Waals surface area contributed by atoms with Gasteiger partial charge >= 0.3 is 0 Å². The summed E-state index contributed by atoms with van der Waals surface area (Å²) in [5, 5.41) is 22.3.